The Morgan fingerprint density at radius 2 is 2.08 bits per heavy atom. The number of hydrogen-bond acceptors (Lipinski definition) is 4. The lowest BCUT2D eigenvalue weighted by atomic mass is 9.82. The maximum Gasteiger partial charge on any atom is 0.0721 e. The number of aromatic nitrogens is 2. The summed E-state index contributed by atoms with van der Waals surface area (Å²) in [6.07, 6.45) is 6.83. The zero-order valence-electron chi connectivity index (χ0n) is 14.8. The lowest BCUT2D eigenvalue weighted by molar-refractivity contribution is -0.119. The summed E-state index contributed by atoms with van der Waals surface area (Å²) in [7, 11) is 2.24. The Balaban J connectivity index is 0.00000144. The van der Waals surface area contributed by atoms with Gasteiger partial charge in [0.1, 0.15) is 0 Å². The molecule has 1 unspecified atom stereocenters. The zero-order valence-corrected chi connectivity index (χ0v) is 16.5. The summed E-state index contributed by atoms with van der Waals surface area (Å²) in [6, 6.07) is 2.84. The molecule has 2 fully saturated rings. The van der Waals surface area contributed by atoms with Gasteiger partial charge in [-0.15, -0.1) is 24.8 Å². The first kappa shape index (κ1) is 21.7. The molecule has 1 aromatic rings. The molecule has 3 rings (SSSR count). The molecule has 140 valence electrons. The maximum absolute atomic E-state index is 6.19. The molecule has 2 aliphatic heterocycles. The van der Waals surface area contributed by atoms with Gasteiger partial charge in [0, 0.05) is 24.9 Å². The van der Waals surface area contributed by atoms with Gasteiger partial charge in [-0.25, -0.2) is 0 Å². The van der Waals surface area contributed by atoms with E-state index in [9.17, 15) is 0 Å². The van der Waals surface area contributed by atoms with Crippen molar-refractivity contribution in [3.05, 3.63) is 17.5 Å². The van der Waals surface area contributed by atoms with Crippen LogP contribution in [0.15, 0.2) is 6.07 Å². The van der Waals surface area contributed by atoms with E-state index in [-0.39, 0.29) is 30.4 Å². The van der Waals surface area contributed by atoms with Crippen LogP contribution in [-0.2, 0) is 17.7 Å². The average Bonchev–Trinajstić information content (AvgIpc) is 2.96. The number of piperidine rings is 1. The van der Waals surface area contributed by atoms with Crippen LogP contribution in [0.25, 0.3) is 0 Å². The number of aryl methyl sites for hydroxylation is 1. The van der Waals surface area contributed by atoms with Crippen LogP contribution in [0.1, 0.15) is 50.4 Å². The third-order valence-corrected chi connectivity index (χ3v) is 5.21. The van der Waals surface area contributed by atoms with Gasteiger partial charge in [-0.2, -0.15) is 5.10 Å². The van der Waals surface area contributed by atoms with E-state index in [1.807, 2.05) is 0 Å². The molecule has 7 heteroatoms. The molecule has 0 aromatic carbocycles. The van der Waals surface area contributed by atoms with Crippen molar-refractivity contribution in [2.45, 2.75) is 63.6 Å². The van der Waals surface area contributed by atoms with Crippen LogP contribution in [0.3, 0.4) is 0 Å². The molecule has 0 bridgehead atoms. The molecule has 0 radical (unpaired) electrons. The predicted octanol–water partition coefficient (Wildman–Crippen LogP) is 2.94. The topological polar surface area (TPSA) is 53.2 Å². The van der Waals surface area contributed by atoms with Crippen LogP contribution in [0.2, 0.25) is 0 Å². The lowest BCUT2D eigenvalue weighted by Crippen LogP contribution is -2.52. The Morgan fingerprint density at radius 1 is 1.33 bits per heavy atom. The van der Waals surface area contributed by atoms with Crippen LogP contribution in [0.5, 0.6) is 0 Å². The molecule has 1 spiro atoms. The molecular formula is C17H32Cl2N4O. The van der Waals surface area contributed by atoms with Gasteiger partial charge in [0.25, 0.3) is 0 Å². The van der Waals surface area contributed by atoms with Crippen LogP contribution < -0.4 is 5.32 Å². The molecule has 2 N–H and O–H groups in total. The van der Waals surface area contributed by atoms with Crippen molar-refractivity contribution in [2.75, 3.05) is 26.7 Å². The Morgan fingerprint density at radius 3 is 2.79 bits per heavy atom. The minimum absolute atomic E-state index is 0. The van der Waals surface area contributed by atoms with Crippen molar-refractivity contribution in [3.63, 3.8) is 0 Å². The first-order valence-electron chi connectivity index (χ1n) is 8.79. The van der Waals surface area contributed by atoms with Gasteiger partial charge in [-0.05, 0) is 58.3 Å². The fourth-order valence-corrected chi connectivity index (χ4v) is 3.88. The fourth-order valence-electron chi connectivity index (χ4n) is 3.88. The molecule has 1 atom stereocenters. The van der Waals surface area contributed by atoms with Crippen molar-refractivity contribution in [2.24, 2.45) is 0 Å². The maximum atomic E-state index is 6.19. The molecule has 2 saturated heterocycles. The van der Waals surface area contributed by atoms with Crippen LogP contribution in [-0.4, -0.2) is 53.5 Å². The van der Waals surface area contributed by atoms with E-state index in [0.717, 1.165) is 58.3 Å². The van der Waals surface area contributed by atoms with E-state index in [1.165, 1.54) is 17.8 Å². The molecule has 0 saturated carbocycles. The van der Waals surface area contributed by atoms with Gasteiger partial charge in [-0.1, -0.05) is 13.3 Å². The van der Waals surface area contributed by atoms with E-state index < -0.39 is 0 Å². The Kier molecular flexibility index (Phi) is 9.02. The van der Waals surface area contributed by atoms with Crippen molar-refractivity contribution >= 4 is 24.8 Å². The van der Waals surface area contributed by atoms with Crippen LogP contribution in [0.4, 0.5) is 0 Å². The molecule has 1 aromatic heterocycles. The number of nitrogens with zero attached hydrogens (tertiary/aromatic N) is 2. The number of hydrogen-bond donors (Lipinski definition) is 2. The van der Waals surface area contributed by atoms with Crippen LogP contribution >= 0.6 is 24.8 Å². The third kappa shape index (κ3) is 5.33. The largest absolute Gasteiger partial charge is 0.375 e. The van der Waals surface area contributed by atoms with E-state index in [1.54, 1.807) is 0 Å². The van der Waals surface area contributed by atoms with Gasteiger partial charge in [-0.3, -0.25) is 10.00 Å². The highest BCUT2D eigenvalue weighted by atomic mass is 35.5. The number of H-pyrrole nitrogens is 1. The SMILES string of the molecule is CCCc1cc(CN(C)C2CCOC3(CCNCC3)C2)[nH]n1.Cl.Cl. The molecular weight excluding hydrogens is 347 g/mol. The second kappa shape index (κ2) is 9.97. The quantitative estimate of drug-likeness (QED) is 0.826. The summed E-state index contributed by atoms with van der Waals surface area (Å²) < 4.78 is 6.19. The smallest absolute Gasteiger partial charge is 0.0721 e. The number of nitrogens with one attached hydrogen (secondary N) is 2. The van der Waals surface area contributed by atoms with Crippen molar-refractivity contribution < 1.29 is 4.74 Å². The summed E-state index contributed by atoms with van der Waals surface area (Å²) in [4.78, 5) is 2.48. The number of halogens is 2. The minimum Gasteiger partial charge on any atom is -0.375 e. The molecule has 0 amide bonds. The number of ether oxygens (including phenoxy) is 1. The van der Waals surface area contributed by atoms with E-state index in [2.05, 4.69) is 40.5 Å². The highest BCUT2D eigenvalue weighted by Gasteiger charge is 2.39. The van der Waals surface area contributed by atoms with Crippen molar-refractivity contribution in [1.29, 1.82) is 0 Å². The zero-order chi connectivity index (χ0) is 15.4. The first-order chi connectivity index (χ1) is 10.7. The van der Waals surface area contributed by atoms with Crippen molar-refractivity contribution in [1.82, 2.24) is 20.4 Å². The number of rotatable bonds is 5. The fraction of sp³-hybridized carbons (Fsp3) is 0.824. The molecule has 24 heavy (non-hydrogen) atoms. The second-order valence-corrected chi connectivity index (χ2v) is 6.98. The Hall–Kier alpha value is -0.330. The van der Waals surface area contributed by atoms with Crippen molar-refractivity contribution in [3.8, 4) is 0 Å². The molecule has 3 heterocycles. The monoisotopic (exact) mass is 378 g/mol. The third-order valence-electron chi connectivity index (χ3n) is 5.21. The molecule has 5 nitrogen and oxygen atoms in total. The second-order valence-electron chi connectivity index (χ2n) is 6.98. The van der Waals surface area contributed by atoms with Gasteiger partial charge in [0.15, 0.2) is 0 Å². The summed E-state index contributed by atoms with van der Waals surface area (Å²) in [5.41, 5.74) is 2.55. The Bertz CT molecular complexity index is 471. The highest BCUT2D eigenvalue weighted by Crippen LogP contribution is 2.34. The number of aromatic amines is 1. The minimum atomic E-state index is 0. The van der Waals surface area contributed by atoms with Gasteiger partial charge >= 0.3 is 0 Å². The van der Waals surface area contributed by atoms with E-state index >= 15 is 0 Å². The van der Waals surface area contributed by atoms with Gasteiger partial charge in [0.2, 0.25) is 0 Å². The summed E-state index contributed by atoms with van der Waals surface area (Å²) >= 11 is 0. The standard InChI is InChI=1S/C17H30N4O.2ClH/c1-3-4-14-11-15(20-19-14)13-21(2)16-5-10-22-17(12-16)6-8-18-9-7-17;;/h11,16,18H,3-10,12-13H2,1-2H3,(H,19,20);2*1H. The average molecular weight is 379 g/mol. The van der Waals surface area contributed by atoms with Crippen LogP contribution in [0, 0.1) is 0 Å². The van der Waals surface area contributed by atoms with Gasteiger partial charge in [0.05, 0.1) is 11.3 Å². The summed E-state index contributed by atoms with van der Waals surface area (Å²) in [6.45, 7) is 6.24. The highest BCUT2D eigenvalue weighted by molar-refractivity contribution is 5.85. The molecule has 0 aliphatic carbocycles. The van der Waals surface area contributed by atoms with Gasteiger partial charge < -0.3 is 10.1 Å². The predicted molar refractivity (Wildman–Crippen MR) is 102 cm³/mol. The first-order valence-corrected chi connectivity index (χ1v) is 8.79. The van der Waals surface area contributed by atoms with E-state index in [0.29, 0.717) is 6.04 Å². The lowest BCUT2D eigenvalue weighted by Gasteiger charge is -2.46. The normalized spacial score (nSPS) is 22.9. The summed E-state index contributed by atoms with van der Waals surface area (Å²) in [5.74, 6) is 0. The van der Waals surface area contributed by atoms with E-state index in [4.69, 9.17) is 4.74 Å². The molecule has 2 aliphatic rings. The summed E-state index contributed by atoms with van der Waals surface area (Å²) in [5, 5.41) is 11.0. The Labute approximate surface area is 158 Å².